The van der Waals surface area contributed by atoms with Crippen LogP contribution < -0.4 is 0 Å². The van der Waals surface area contributed by atoms with E-state index >= 15 is 0 Å². The van der Waals surface area contributed by atoms with Crippen LogP contribution in [0.2, 0.25) is 0 Å². The Morgan fingerprint density at radius 3 is 2.75 bits per heavy atom. The van der Waals surface area contributed by atoms with Gasteiger partial charge in [0.25, 0.3) is 0 Å². The third kappa shape index (κ3) is 2.34. The number of hydrogen-bond acceptors (Lipinski definition) is 7. The van der Waals surface area contributed by atoms with Gasteiger partial charge in [-0.2, -0.15) is 0 Å². The van der Waals surface area contributed by atoms with E-state index in [1.165, 1.54) is 23.7 Å². The van der Waals surface area contributed by atoms with E-state index in [1.807, 2.05) is 6.92 Å². The molecule has 0 aliphatic rings. The van der Waals surface area contributed by atoms with E-state index in [1.54, 1.807) is 0 Å². The molecular weight excluding hydrogens is 248 g/mol. The first-order valence-electron chi connectivity index (χ1n) is 4.19. The molecule has 6 nitrogen and oxygen atoms in total. The molecule has 16 heavy (non-hydrogen) atoms. The van der Waals surface area contributed by atoms with Crippen molar-refractivity contribution in [2.45, 2.75) is 16.3 Å². The van der Waals surface area contributed by atoms with Gasteiger partial charge in [-0.3, -0.25) is 0 Å². The predicted octanol–water partition coefficient (Wildman–Crippen LogP) is 1.49. The summed E-state index contributed by atoms with van der Waals surface area (Å²) in [5, 5.41) is 17.8. The Morgan fingerprint density at radius 2 is 2.12 bits per heavy atom. The van der Waals surface area contributed by atoms with Crippen LogP contribution in [0.15, 0.2) is 21.8 Å². The summed E-state index contributed by atoms with van der Waals surface area (Å²) in [5.41, 5.74) is -0.0691. The topological polar surface area (TPSA) is 88.9 Å². The third-order valence-electron chi connectivity index (χ3n) is 1.56. The summed E-state index contributed by atoms with van der Waals surface area (Å²) < 4.78 is 0.653. The minimum absolute atomic E-state index is 0.0691. The molecule has 0 aliphatic heterocycles. The zero-order valence-electron chi connectivity index (χ0n) is 8.12. The lowest BCUT2D eigenvalue weighted by molar-refractivity contribution is 0.0685. The molecule has 2 aromatic heterocycles. The summed E-state index contributed by atoms with van der Waals surface area (Å²) in [6.07, 6.45) is 2.79. The maximum atomic E-state index is 10.9. The van der Waals surface area contributed by atoms with E-state index in [9.17, 15) is 4.79 Å². The molecule has 0 amide bonds. The van der Waals surface area contributed by atoms with Gasteiger partial charge in [0, 0.05) is 12.4 Å². The fourth-order valence-electron chi connectivity index (χ4n) is 0.949. The molecule has 0 atom stereocenters. The summed E-state index contributed by atoms with van der Waals surface area (Å²) in [4.78, 5) is 18.6. The zero-order chi connectivity index (χ0) is 11.5. The molecule has 2 aromatic rings. The summed E-state index contributed by atoms with van der Waals surface area (Å²) in [5.74, 6) is -1.10. The van der Waals surface area contributed by atoms with Crippen molar-refractivity contribution in [3.8, 4) is 0 Å². The standard InChI is InChI=1S/C8H6N4O2S2/c1-4-11-12-8(15-4)16-6-5(7(13)14)9-2-3-10-6/h2-3H,1H3,(H,13,14). The van der Waals surface area contributed by atoms with Crippen molar-refractivity contribution in [1.82, 2.24) is 20.2 Å². The van der Waals surface area contributed by atoms with Gasteiger partial charge in [0.1, 0.15) is 10.0 Å². The number of nitrogens with zero attached hydrogens (tertiary/aromatic N) is 4. The highest BCUT2D eigenvalue weighted by molar-refractivity contribution is 8.01. The zero-order valence-corrected chi connectivity index (χ0v) is 9.75. The van der Waals surface area contributed by atoms with E-state index in [0.717, 1.165) is 16.8 Å². The largest absolute Gasteiger partial charge is 0.476 e. The van der Waals surface area contributed by atoms with Gasteiger partial charge in [0.2, 0.25) is 0 Å². The average Bonchev–Trinajstić information content (AvgIpc) is 2.64. The highest BCUT2D eigenvalue weighted by Crippen LogP contribution is 2.29. The third-order valence-corrected chi connectivity index (χ3v) is 3.44. The van der Waals surface area contributed by atoms with E-state index in [4.69, 9.17) is 5.11 Å². The number of aromatic nitrogens is 4. The Balaban J connectivity index is 2.31. The van der Waals surface area contributed by atoms with Gasteiger partial charge in [-0.15, -0.1) is 10.2 Å². The van der Waals surface area contributed by atoms with Crippen molar-refractivity contribution in [2.75, 3.05) is 0 Å². The minimum Gasteiger partial charge on any atom is -0.476 e. The summed E-state index contributed by atoms with van der Waals surface area (Å²) in [6, 6.07) is 0. The van der Waals surface area contributed by atoms with Crippen LogP contribution >= 0.6 is 23.1 Å². The maximum absolute atomic E-state index is 10.9. The van der Waals surface area contributed by atoms with E-state index in [-0.39, 0.29) is 5.69 Å². The molecule has 0 aliphatic carbocycles. The number of carboxylic acid groups (broad SMARTS) is 1. The molecule has 8 heteroatoms. The Morgan fingerprint density at radius 1 is 1.38 bits per heavy atom. The molecule has 0 radical (unpaired) electrons. The Hall–Kier alpha value is -1.54. The van der Waals surface area contributed by atoms with Crippen LogP contribution in [0.4, 0.5) is 0 Å². The molecule has 1 N–H and O–H groups in total. The quantitative estimate of drug-likeness (QED) is 0.887. The molecule has 0 aromatic carbocycles. The molecule has 82 valence electrons. The lowest BCUT2D eigenvalue weighted by Gasteiger charge is -1.99. The van der Waals surface area contributed by atoms with Crippen molar-refractivity contribution in [2.24, 2.45) is 0 Å². The number of rotatable bonds is 3. The second-order valence-electron chi connectivity index (χ2n) is 2.70. The van der Waals surface area contributed by atoms with Crippen molar-refractivity contribution >= 4 is 29.1 Å². The molecule has 0 saturated carbocycles. The van der Waals surface area contributed by atoms with Crippen molar-refractivity contribution in [3.63, 3.8) is 0 Å². The molecule has 0 fully saturated rings. The Bertz CT molecular complexity index is 528. The van der Waals surface area contributed by atoms with Crippen LogP contribution in [-0.2, 0) is 0 Å². The number of carbonyl (C=O) groups is 1. The van der Waals surface area contributed by atoms with E-state index < -0.39 is 5.97 Å². The van der Waals surface area contributed by atoms with Crippen molar-refractivity contribution in [1.29, 1.82) is 0 Å². The van der Waals surface area contributed by atoms with Gasteiger partial charge >= 0.3 is 5.97 Å². The molecule has 0 unspecified atom stereocenters. The molecule has 0 saturated heterocycles. The fourth-order valence-corrected chi connectivity index (χ4v) is 2.73. The van der Waals surface area contributed by atoms with E-state index in [2.05, 4.69) is 20.2 Å². The first-order chi connectivity index (χ1) is 7.66. The van der Waals surface area contributed by atoms with E-state index in [0.29, 0.717) is 9.37 Å². The predicted molar refractivity (Wildman–Crippen MR) is 57.8 cm³/mol. The Labute approximate surface area is 98.8 Å². The van der Waals surface area contributed by atoms with Gasteiger partial charge in [0.05, 0.1) is 0 Å². The highest BCUT2D eigenvalue weighted by atomic mass is 32.2. The summed E-state index contributed by atoms with van der Waals surface area (Å²) in [7, 11) is 0. The minimum atomic E-state index is -1.10. The number of carboxylic acids is 1. The Kier molecular flexibility index (Phi) is 3.11. The highest BCUT2D eigenvalue weighted by Gasteiger charge is 2.15. The summed E-state index contributed by atoms with van der Waals surface area (Å²) in [6.45, 7) is 1.83. The second kappa shape index (κ2) is 4.54. The van der Waals surface area contributed by atoms with Crippen LogP contribution in [0, 0.1) is 6.92 Å². The smallest absolute Gasteiger partial charge is 0.357 e. The normalized spacial score (nSPS) is 10.3. The number of aryl methyl sites for hydroxylation is 1. The van der Waals surface area contributed by atoms with Crippen molar-refractivity contribution < 1.29 is 9.90 Å². The van der Waals surface area contributed by atoms with Crippen LogP contribution in [0.5, 0.6) is 0 Å². The lowest BCUT2D eigenvalue weighted by Crippen LogP contribution is -2.03. The van der Waals surface area contributed by atoms with Crippen LogP contribution in [0.1, 0.15) is 15.5 Å². The summed E-state index contributed by atoms with van der Waals surface area (Å²) >= 11 is 2.54. The second-order valence-corrected chi connectivity index (χ2v) is 5.12. The molecule has 2 heterocycles. The number of hydrogen-bond donors (Lipinski definition) is 1. The molecule has 2 rings (SSSR count). The van der Waals surface area contributed by atoms with Crippen LogP contribution in [0.25, 0.3) is 0 Å². The monoisotopic (exact) mass is 254 g/mol. The van der Waals surface area contributed by atoms with Crippen molar-refractivity contribution in [3.05, 3.63) is 23.1 Å². The SMILES string of the molecule is Cc1nnc(Sc2nccnc2C(=O)O)s1. The van der Waals surface area contributed by atoms with Gasteiger partial charge in [0.15, 0.2) is 10.0 Å². The molecule has 0 bridgehead atoms. The van der Waals surface area contributed by atoms with Gasteiger partial charge in [-0.1, -0.05) is 11.3 Å². The average molecular weight is 254 g/mol. The van der Waals surface area contributed by atoms with Crippen LogP contribution in [0.3, 0.4) is 0 Å². The molecular formula is C8H6N4O2S2. The fraction of sp³-hybridized carbons (Fsp3) is 0.125. The number of aromatic carboxylic acids is 1. The maximum Gasteiger partial charge on any atom is 0.357 e. The first kappa shape index (κ1) is 11.0. The van der Waals surface area contributed by atoms with Gasteiger partial charge in [-0.05, 0) is 18.7 Å². The van der Waals surface area contributed by atoms with Crippen LogP contribution in [-0.4, -0.2) is 31.2 Å². The molecule has 0 spiro atoms. The van der Waals surface area contributed by atoms with Gasteiger partial charge < -0.3 is 5.11 Å². The van der Waals surface area contributed by atoms with Gasteiger partial charge in [-0.25, -0.2) is 14.8 Å². The first-order valence-corrected chi connectivity index (χ1v) is 5.82. The lowest BCUT2D eigenvalue weighted by atomic mass is 10.5.